The van der Waals surface area contributed by atoms with Gasteiger partial charge in [-0.25, -0.2) is 8.42 Å². The molecule has 2 aromatic carbocycles. The van der Waals surface area contributed by atoms with Gasteiger partial charge >= 0.3 is 0 Å². The zero-order valence-corrected chi connectivity index (χ0v) is 15.6. The number of halogens is 1. The second-order valence-electron chi connectivity index (χ2n) is 5.53. The lowest BCUT2D eigenvalue weighted by atomic mass is 10.1. The number of sulfone groups is 1. The van der Waals surface area contributed by atoms with Gasteiger partial charge in [0.25, 0.3) is 0 Å². The smallest absolute Gasteiger partial charge is 0.179 e. The van der Waals surface area contributed by atoms with Gasteiger partial charge in [-0.15, -0.1) is 0 Å². The van der Waals surface area contributed by atoms with Gasteiger partial charge in [-0.2, -0.15) is 0 Å². The Morgan fingerprint density at radius 3 is 2.27 bits per heavy atom. The molecule has 2 rings (SSSR count). The lowest BCUT2D eigenvalue weighted by molar-refractivity contribution is 0.468. The van der Waals surface area contributed by atoms with Crippen molar-refractivity contribution < 1.29 is 13.5 Å². The third-order valence-corrected chi connectivity index (χ3v) is 6.77. The number of benzene rings is 2. The first-order chi connectivity index (χ1) is 10.3. The molecule has 0 aromatic heterocycles. The Bertz CT molecular complexity index is 752. The predicted octanol–water partition coefficient (Wildman–Crippen LogP) is 3.83. The van der Waals surface area contributed by atoms with Crippen LogP contribution in [0.2, 0.25) is 0 Å². The second-order valence-corrected chi connectivity index (χ2v) is 9.32. The molecule has 0 saturated carbocycles. The maximum atomic E-state index is 12.4. The summed E-state index contributed by atoms with van der Waals surface area (Å²) in [5, 5.41) is 9.88. The molecule has 0 heterocycles. The molecule has 2 aromatic rings. The van der Waals surface area contributed by atoms with E-state index in [0.29, 0.717) is 11.3 Å². The lowest BCUT2D eigenvalue weighted by Gasteiger charge is -2.12. The molecule has 0 radical (unpaired) electrons. The lowest BCUT2D eigenvalue weighted by Crippen LogP contribution is -2.18. The Balaban J connectivity index is 2.12. The summed E-state index contributed by atoms with van der Waals surface area (Å²) >= 11 is 2.14. The molecule has 1 unspecified atom stereocenters. The molecule has 0 aliphatic heterocycles. The molecule has 22 heavy (non-hydrogen) atoms. The van der Waals surface area contributed by atoms with Crippen molar-refractivity contribution in [2.45, 2.75) is 29.1 Å². The number of phenolic OH excluding ortho intramolecular Hbond substituents is 1. The van der Waals surface area contributed by atoms with E-state index in [-0.39, 0.29) is 15.4 Å². The highest BCUT2D eigenvalue weighted by molar-refractivity contribution is 14.1. The maximum absolute atomic E-state index is 12.4. The molecule has 0 fully saturated rings. The largest absolute Gasteiger partial charge is 0.508 e. The quantitative estimate of drug-likeness (QED) is 0.580. The summed E-state index contributed by atoms with van der Waals surface area (Å²) in [4.78, 5) is 0.355. The van der Waals surface area contributed by atoms with Crippen LogP contribution in [0.5, 0.6) is 5.75 Å². The molecule has 1 N–H and O–H groups in total. The molecule has 118 valence electrons. The van der Waals surface area contributed by atoms with E-state index in [1.165, 1.54) is 0 Å². The Kier molecular flexibility index (Phi) is 5.50. The topological polar surface area (TPSA) is 54.4 Å². The summed E-state index contributed by atoms with van der Waals surface area (Å²) in [7, 11) is -3.31. The highest BCUT2D eigenvalue weighted by Crippen LogP contribution is 2.24. The predicted molar refractivity (Wildman–Crippen MR) is 97.6 cm³/mol. The molecular formula is C17H19IO3S. The van der Waals surface area contributed by atoms with Gasteiger partial charge in [0.1, 0.15) is 5.75 Å². The summed E-state index contributed by atoms with van der Waals surface area (Å²) in [6, 6.07) is 12.3. The summed E-state index contributed by atoms with van der Waals surface area (Å²) < 4.78 is 24.8. The SMILES string of the molecule is Cc1ccc(S(=O)(=O)CC(I)Cc2cc(C)ccc2O)cc1. The van der Waals surface area contributed by atoms with Crippen LogP contribution >= 0.6 is 22.6 Å². The number of alkyl halides is 1. The minimum atomic E-state index is -3.31. The van der Waals surface area contributed by atoms with Crippen LogP contribution in [0.1, 0.15) is 16.7 Å². The van der Waals surface area contributed by atoms with Crippen LogP contribution in [0.15, 0.2) is 47.4 Å². The fourth-order valence-electron chi connectivity index (χ4n) is 2.26. The number of phenols is 1. The number of hydrogen-bond donors (Lipinski definition) is 1. The van der Waals surface area contributed by atoms with Crippen molar-refractivity contribution in [1.82, 2.24) is 0 Å². The van der Waals surface area contributed by atoms with Gasteiger partial charge < -0.3 is 5.11 Å². The van der Waals surface area contributed by atoms with Gasteiger partial charge in [0.05, 0.1) is 10.6 Å². The second kappa shape index (κ2) is 7.00. The molecule has 1 atom stereocenters. The van der Waals surface area contributed by atoms with Crippen molar-refractivity contribution in [3.05, 3.63) is 59.2 Å². The monoisotopic (exact) mass is 430 g/mol. The van der Waals surface area contributed by atoms with E-state index in [1.807, 2.05) is 38.1 Å². The molecule has 3 nitrogen and oxygen atoms in total. The van der Waals surface area contributed by atoms with Crippen molar-refractivity contribution in [3.8, 4) is 5.75 Å². The van der Waals surface area contributed by atoms with E-state index < -0.39 is 9.84 Å². The molecule has 0 aliphatic carbocycles. The summed E-state index contributed by atoms with van der Waals surface area (Å²) in [6.07, 6.45) is 0.527. The average molecular weight is 430 g/mol. The van der Waals surface area contributed by atoms with E-state index in [2.05, 4.69) is 22.6 Å². The van der Waals surface area contributed by atoms with E-state index in [4.69, 9.17) is 0 Å². The van der Waals surface area contributed by atoms with E-state index in [0.717, 1.165) is 16.7 Å². The highest BCUT2D eigenvalue weighted by Gasteiger charge is 2.20. The Morgan fingerprint density at radius 2 is 1.64 bits per heavy atom. The normalized spacial score (nSPS) is 13.0. The van der Waals surface area contributed by atoms with E-state index in [1.54, 1.807) is 18.2 Å². The van der Waals surface area contributed by atoms with Crippen LogP contribution in [-0.4, -0.2) is 23.2 Å². The van der Waals surface area contributed by atoms with Gasteiger partial charge in [0, 0.05) is 3.92 Å². The van der Waals surface area contributed by atoms with Crippen molar-refractivity contribution in [2.75, 3.05) is 5.75 Å². The minimum Gasteiger partial charge on any atom is -0.508 e. The Morgan fingerprint density at radius 1 is 1.05 bits per heavy atom. The third kappa shape index (κ3) is 4.46. The fraction of sp³-hybridized carbons (Fsp3) is 0.294. The summed E-state index contributed by atoms with van der Waals surface area (Å²) in [6.45, 7) is 3.88. The van der Waals surface area contributed by atoms with Crippen LogP contribution in [-0.2, 0) is 16.3 Å². The van der Waals surface area contributed by atoms with Gasteiger partial charge in [-0.1, -0.05) is 58.0 Å². The first-order valence-electron chi connectivity index (χ1n) is 7.00. The molecule has 5 heteroatoms. The standard InChI is InChI=1S/C17H19IO3S/c1-12-3-6-16(7-4-12)22(20,21)11-15(18)10-14-9-13(2)5-8-17(14)19/h3-9,15,19H,10-11H2,1-2H3. The Hall–Kier alpha value is -1.08. The van der Waals surface area contributed by atoms with Crippen LogP contribution in [0, 0.1) is 13.8 Å². The summed E-state index contributed by atoms with van der Waals surface area (Å²) in [5.41, 5.74) is 2.88. The molecule has 0 amide bonds. The average Bonchev–Trinajstić information content (AvgIpc) is 2.42. The summed E-state index contributed by atoms with van der Waals surface area (Å²) in [5.74, 6) is 0.282. The zero-order valence-electron chi connectivity index (χ0n) is 12.6. The van der Waals surface area contributed by atoms with Crippen LogP contribution in [0.4, 0.5) is 0 Å². The molecular weight excluding hydrogens is 411 g/mol. The Labute approximate surface area is 145 Å². The van der Waals surface area contributed by atoms with Crippen molar-refractivity contribution in [1.29, 1.82) is 0 Å². The first-order valence-corrected chi connectivity index (χ1v) is 9.90. The van der Waals surface area contributed by atoms with E-state index >= 15 is 0 Å². The highest BCUT2D eigenvalue weighted by atomic mass is 127. The van der Waals surface area contributed by atoms with Gasteiger partial charge in [0.2, 0.25) is 0 Å². The number of hydrogen-bond acceptors (Lipinski definition) is 3. The minimum absolute atomic E-state index is 0.0595. The van der Waals surface area contributed by atoms with Crippen LogP contribution < -0.4 is 0 Å². The van der Waals surface area contributed by atoms with Crippen molar-refractivity contribution in [2.24, 2.45) is 0 Å². The van der Waals surface area contributed by atoms with Gasteiger partial charge in [-0.05, 0) is 44.0 Å². The number of rotatable bonds is 5. The zero-order chi connectivity index (χ0) is 16.3. The molecule has 0 aliphatic rings. The van der Waals surface area contributed by atoms with Gasteiger partial charge in [0.15, 0.2) is 9.84 Å². The van der Waals surface area contributed by atoms with E-state index in [9.17, 15) is 13.5 Å². The van der Waals surface area contributed by atoms with Gasteiger partial charge in [-0.3, -0.25) is 0 Å². The fourth-order valence-corrected chi connectivity index (χ4v) is 5.49. The third-order valence-electron chi connectivity index (χ3n) is 3.46. The first kappa shape index (κ1) is 17.3. The molecule has 0 spiro atoms. The number of aryl methyl sites for hydroxylation is 2. The van der Waals surface area contributed by atoms with Crippen LogP contribution in [0.25, 0.3) is 0 Å². The molecule has 0 bridgehead atoms. The van der Waals surface area contributed by atoms with Crippen LogP contribution in [0.3, 0.4) is 0 Å². The van der Waals surface area contributed by atoms with Crippen molar-refractivity contribution >= 4 is 32.4 Å². The maximum Gasteiger partial charge on any atom is 0.179 e. The van der Waals surface area contributed by atoms with Crippen molar-refractivity contribution in [3.63, 3.8) is 0 Å². The molecule has 0 saturated heterocycles. The number of aromatic hydroxyl groups is 1.